The van der Waals surface area contributed by atoms with Gasteiger partial charge in [0.05, 0.1) is 13.2 Å². The van der Waals surface area contributed by atoms with Crippen LogP contribution in [0.5, 0.6) is 0 Å². The van der Waals surface area contributed by atoms with Crippen molar-refractivity contribution in [3.8, 4) is 0 Å². The van der Waals surface area contributed by atoms with Gasteiger partial charge in [-0.2, -0.15) is 4.31 Å². The van der Waals surface area contributed by atoms with E-state index < -0.39 is 35.0 Å². The minimum atomic E-state index is -4.98. The highest BCUT2D eigenvalue weighted by Gasteiger charge is 2.35. The van der Waals surface area contributed by atoms with Crippen LogP contribution in [-0.2, 0) is 36.9 Å². The number of carbonyl (C=O) groups is 4. The van der Waals surface area contributed by atoms with Crippen LogP contribution in [0.2, 0.25) is 0 Å². The Bertz CT molecular complexity index is 816. The van der Waals surface area contributed by atoms with Crippen molar-refractivity contribution in [3.05, 3.63) is 12.2 Å². The summed E-state index contributed by atoms with van der Waals surface area (Å²) >= 11 is 0. The fourth-order valence-electron chi connectivity index (χ4n) is 2.50. The third-order valence-corrected chi connectivity index (χ3v) is 6.62. The van der Waals surface area contributed by atoms with Crippen LogP contribution in [0.1, 0.15) is 32.1 Å². The van der Waals surface area contributed by atoms with E-state index in [9.17, 15) is 38.1 Å². The Labute approximate surface area is 189 Å². The van der Waals surface area contributed by atoms with Gasteiger partial charge in [-0.3, -0.25) is 28.3 Å². The van der Waals surface area contributed by atoms with E-state index in [1.807, 2.05) is 5.32 Å². The fraction of sp³-hybridized carbons (Fsp3) is 0.625. The highest BCUT2D eigenvalue weighted by Crippen LogP contribution is 2.60. The van der Waals surface area contributed by atoms with Gasteiger partial charge in [-0.25, -0.2) is 13.9 Å². The van der Waals surface area contributed by atoms with Crippen LogP contribution < -0.4 is 10.6 Å². The molecule has 2 unspecified atom stereocenters. The lowest BCUT2D eigenvalue weighted by Gasteiger charge is -2.16. The van der Waals surface area contributed by atoms with E-state index in [0.717, 1.165) is 4.90 Å². The third kappa shape index (κ3) is 13.2. The van der Waals surface area contributed by atoms with Crippen LogP contribution in [0, 0.1) is 0 Å². The van der Waals surface area contributed by atoms with Crippen molar-refractivity contribution in [1.82, 2.24) is 15.5 Å². The molecule has 0 bridgehead atoms. The Morgan fingerprint density at radius 2 is 1.39 bits per heavy atom. The molecule has 188 valence electrons. The summed E-state index contributed by atoms with van der Waals surface area (Å²) in [4.78, 5) is 64.6. The summed E-state index contributed by atoms with van der Waals surface area (Å²) in [6, 6.07) is 0. The average Bonchev–Trinajstić information content (AvgIpc) is 3.02. The van der Waals surface area contributed by atoms with E-state index in [-0.39, 0.29) is 37.2 Å². The molecule has 0 spiro atoms. The standard InChI is InChI=1S/C16H27N3O12P2/c20-13(5-3-1-2-4-10-19-14(21)6-7-15(19)22)17-8-11-29-32(25,26)31-33(27,28)30-12-9-18-16(23)24/h6-7,18H,1-5,8-12H2,(H,17,20)(H,23,24)(H,25,26)(H,27,28). The number of carbonyl (C=O) groups excluding carboxylic acids is 3. The minimum Gasteiger partial charge on any atom is -0.465 e. The summed E-state index contributed by atoms with van der Waals surface area (Å²) in [5, 5.41) is 12.6. The molecule has 0 aromatic rings. The molecule has 1 heterocycles. The maximum Gasteiger partial charge on any atom is 0.481 e. The minimum absolute atomic E-state index is 0.169. The van der Waals surface area contributed by atoms with Crippen molar-refractivity contribution in [3.63, 3.8) is 0 Å². The number of imide groups is 1. The van der Waals surface area contributed by atoms with Crippen LogP contribution in [0.25, 0.3) is 0 Å². The molecule has 1 aliphatic heterocycles. The molecule has 2 atom stereocenters. The third-order valence-electron chi connectivity index (χ3n) is 3.95. The number of phosphoric ester groups is 2. The number of amides is 4. The second-order valence-electron chi connectivity index (χ2n) is 6.59. The normalized spacial score (nSPS) is 17.0. The summed E-state index contributed by atoms with van der Waals surface area (Å²) in [7, 11) is -9.96. The molecule has 33 heavy (non-hydrogen) atoms. The summed E-state index contributed by atoms with van der Waals surface area (Å²) in [5.41, 5.74) is 0. The first-order valence-electron chi connectivity index (χ1n) is 9.85. The highest BCUT2D eigenvalue weighted by molar-refractivity contribution is 7.61. The van der Waals surface area contributed by atoms with Gasteiger partial charge in [0.1, 0.15) is 0 Å². The SMILES string of the molecule is O=C(O)NCCOP(=O)(O)OP(=O)(O)OCCNC(=O)CCCCCCN1C(=O)C=CC1=O. The first-order valence-corrected chi connectivity index (χ1v) is 12.8. The van der Waals surface area contributed by atoms with E-state index in [1.54, 1.807) is 0 Å². The van der Waals surface area contributed by atoms with E-state index >= 15 is 0 Å². The number of carboxylic acid groups (broad SMARTS) is 1. The van der Waals surface area contributed by atoms with E-state index in [2.05, 4.69) is 18.7 Å². The van der Waals surface area contributed by atoms with Crippen LogP contribution in [0.3, 0.4) is 0 Å². The van der Waals surface area contributed by atoms with Gasteiger partial charge in [0.25, 0.3) is 11.8 Å². The van der Waals surface area contributed by atoms with E-state index in [0.29, 0.717) is 32.2 Å². The maximum absolute atomic E-state index is 11.7. The van der Waals surface area contributed by atoms with Crippen molar-refractivity contribution in [1.29, 1.82) is 0 Å². The summed E-state index contributed by atoms with van der Waals surface area (Å²) < 4.78 is 36.0. The average molecular weight is 515 g/mol. The Morgan fingerprint density at radius 1 is 0.879 bits per heavy atom. The van der Waals surface area contributed by atoms with E-state index in [1.165, 1.54) is 12.2 Å². The lowest BCUT2D eigenvalue weighted by Crippen LogP contribution is -2.30. The van der Waals surface area contributed by atoms with Gasteiger partial charge in [0.15, 0.2) is 0 Å². The van der Waals surface area contributed by atoms with Gasteiger partial charge in [-0.15, -0.1) is 0 Å². The molecule has 1 rings (SSSR count). The van der Waals surface area contributed by atoms with Gasteiger partial charge < -0.3 is 25.5 Å². The topological polar surface area (TPSA) is 218 Å². The molecular weight excluding hydrogens is 488 g/mol. The Kier molecular flexibility index (Phi) is 12.4. The molecule has 4 amide bonds. The first-order chi connectivity index (χ1) is 15.4. The van der Waals surface area contributed by atoms with Crippen LogP contribution >= 0.6 is 15.6 Å². The molecule has 0 aliphatic carbocycles. The van der Waals surface area contributed by atoms with Crippen LogP contribution in [0.4, 0.5) is 4.79 Å². The number of nitrogens with zero attached hydrogens (tertiary/aromatic N) is 1. The molecule has 15 nitrogen and oxygen atoms in total. The number of hydrogen-bond donors (Lipinski definition) is 5. The second-order valence-corrected chi connectivity index (χ2v) is 9.64. The lowest BCUT2D eigenvalue weighted by atomic mass is 10.1. The fourth-order valence-corrected chi connectivity index (χ4v) is 4.56. The molecular formula is C16H27N3O12P2. The molecule has 5 N–H and O–H groups in total. The molecule has 0 saturated heterocycles. The van der Waals surface area contributed by atoms with Gasteiger partial charge in [-0.05, 0) is 12.8 Å². The van der Waals surface area contributed by atoms with Gasteiger partial charge in [0.2, 0.25) is 5.91 Å². The maximum atomic E-state index is 11.7. The largest absolute Gasteiger partial charge is 0.481 e. The quantitative estimate of drug-likeness (QED) is 0.102. The van der Waals surface area contributed by atoms with Crippen molar-refractivity contribution in [2.45, 2.75) is 32.1 Å². The number of unbranched alkanes of at least 4 members (excludes halogenated alkanes) is 3. The predicted molar refractivity (Wildman–Crippen MR) is 111 cm³/mol. The number of phosphoric acid groups is 2. The zero-order chi connectivity index (χ0) is 24.9. The van der Waals surface area contributed by atoms with Gasteiger partial charge >= 0.3 is 21.7 Å². The highest BCUT2D eigenvalue weighted by atomic mass is 31.3. The van der Waals surface area contributed by atoms with Crippen LogP contribution in [-0.4, -0.2) is 76.5 Å². The van der Waals surface area contributed by atoms with Crippen molar-refractivity contribution in [2.24, 2.45) is 0 Å². The van der Waals surface area contributed by atoms with Gasteiger partial charge in [-0.1, -0.05) is 12.8 Å². The van der Waals surface area contributed by atoms with E-state index in [4.69, 9.17) is 5.11 Å². The van der Waals surface area contributed by atoms with Crippen LogP contribution in [0.15, 0.2) is 12.2 Å². The zero-order valence-electron chi connectivity index (χ0n) is 17.6. The number of rotatable bonds is 17. The van der Waals surface area contributed by atoms with Crippen molar-refractivity contribution >= 4 is 39.5 Å². The Morgan fingerprint density at radius 3 is 1.94 bits per heavy atom. The second kappa shape index (κ2) is 14.2. The Hall–Kier alpha value is -2.12. The summed E-state index contributed by atoms with van der Waals surface area (Å²) in [6.07, 6.45) is 3.81. The molecule has 1 aliphatic rings. The summed E-state index contributed by atoms with van der Waals surface area (Å²) in [5.74, 6) is -1.01. The number of hydrogen-bond acceptors (Lipinski definition) is 9. The molecule has 0 aromatic heterocycles. The Balaban J connectivity index is 2.09. The molecule has 0 aromatic carbocycles. The molecule has 0 saturated carbocycles. The molecule has 0 fully saturated rings. The molecule has 0 radical (unpaired) electrons. The van der Waals surface area contributed by atoms with Crippen molar-refractivity contribution < 1.29 is 56.6 Å². The predicted octanol–water partition coefficient (Wildman–Crippen LogP) is 0.496. The number of nitrogens with one attached hydrogen (secondary N) is 2. The summed E-state index contributed by atoms with van der Waals surface area (Å²) in [6.45, 7) is -1.30. The smallest absolute Gasteiger partial charge is 0.465 e. The van der Waals surface area contributed by atoms with Gasteiger partial charge in [0, 0.05) is 38.2 Å². The lowest BCUT2D eigenvalue weighted by molar-refractivity contribution is -0.136. The first kappa shape index (κ1) is 28.9. The monoisotopic (exact) mass is 515 g/mol. The molecule has 17 heteroatoms. The zero-order valence-corrected chi connectivity index (χ0v) is 19.4. The van der Waals surface area contributed by atoms with Crippen molar-refractivity contribution in [2.75, 3.05) is 32.8 Å².